The molecule has 14 heteroatoms. The Morgan fingerprint density at radius 3 is 1.78 bits per heavy atom. The van der Waals surface area contributed by atoms with Gasteiger partial charge in [-0.1, -0.05) is 155 Å². The summed E-state index contributed by atoms with van der Waals surface area (Å²) in [5.41, 5.74) is 5.32. The van der Waals surface area contributed by atoms with Crippen LogP contribution in [0, 0.1) is 0 Å². The molecule has 5 atom stereocenters. The second-order valence-electron chi connectivity index (χ2n) is 14.8. The summed E-state index contributed by atoms with van der Waals surface area (Å²) in [6, 6.07) is -1.56. The molecule has 1 unspecified atom stereocenters. The Morgan fingerprint density at radius 1 is 0.594 bits per heavy atom. The molecule has 0 aliphatic rings. The molecule has 0 amide bonds. The Bertz CT molecular complexity index is 1580. The average molecular weight is 916 g/mol. The molecule has 0 aromatic rings. The summed E-state index contributed by atoms with van der Waals surface area (Å²) >= 11 is 0. The highest BCUT2D eigenvalue weighted by Crippen LogP contribution is 2.43. The number of esters is 2. The van der Waals surface area contributed by atoms with Crippen molar-refractivity contribution in [2.24, 2.45) is 5.73 Å². The minimum absolute atomic E-state index is 0.0201. The average Bonchev–Trinajstić information content (AvgIpc) is 3.26. The number of aliphatic hydroxyl groups excluding tert-OH is 2. The highest BCUT2D eigenvalue weighted by Gasteiger charge is 2.28. The van der Waals surface area contributed by atoms with Crippen molar-refractivity contribution in [2.45, 2.75) is 154 Å². The number of allylic oxidation sites excluding steroid dienone is 16. The molecule has 64 heavy (non-hydrogen) atoms. The summed E-state index contributed by atoms with van der Waals surface area (Å²) in [4.78, 5) is 46.0. The fraction of sp³-hybridized carbons (Fsp3) is 0.540. The lowest BCUT2D eigenvalue weighted by atomic mass is 10.1. The summed E-state index contributed by atoms with van der Waals surface area (Å²) in [5.74, 6) is -2.65. The zero-order valence-corrected chi connectivity index (χ0v) is 39.2. The van der Waals surface area contributed by atoms with Crippen LogP contribution in [0.4, 0.5) is 0 Å². The Labute approximate surface area is 383 Å². The van der Waals surface area contributed by atoms with Crippen LogP contribution in [0.1, 0.15) is 129 Å². The lowest BCUT2D eigenvalue weighted by Gasteiger charge is -2.20. The zero-order chi connectivity index (χ0) is 47.4. The number of rotatable bonds is 40. The number of phosphoric acid groups is 1. The number of carboxylic acid groups (broad SMARTS) is 1. The van der Waals surface area contributed by atoms with Gasteiger partial charge < -0.3 is 35.4 Å². The van der Waals surface area contributed by atoms with E-state index in [4.69, 9.17) is 24.8 Å². The molecule has 360 valence electrons. The zero-order valence-electron chi connectivity index (χ0n) is 38.3. The van der Waals surface area contributed by atoms with Crippen LogP contribution in [0.15, 0.2) is 122 Å². The number of nitrogens with two attached hydrogens (primary N) is 1. The third-order valence-electron chi connectivity index (χ3n) is 8.87. The number of hydrogen-bond donors (Lipinski definition) is 5. The lowest BCUT2D eigenvalue weighted by Crippen LogP contribution is -2.34. The second-order valence-corrected chi connectivity index (χ2v) is 16.3. The van der Waals surface area contributed by atoms with E-state index < -0.39 is 69.9 Å². The van der Waals surface area contributed by atoms with Gasteiger partial charge in [0.25, 0.3) is 0 Å². The Kier molecular flexibility index (Phi) is 39.9. The fourth-order valence-electron chi connectivity index (χ4n) is 5.26. The van der Waals surface area contributed by atoms with Crippen LogP contribution in [-0.4, -0.2) is 82.3 Å². The van der Waals surface area contributed by atoms with Gasteiger partial charge in [-0.2, -0.15) is 0 Å². The van der Waals surface area contributed by atoms with Crippen LogP contribution in [0.25, 0.3) is 0 Å². The Morgan fingerprint density at radius 2 is 1.16 bits per heavy atom. The van der Waals surface area contributed by atoms with Gasteiger partial charge in [-0.05, 0) is 83.5 Å². The highest BCUT2D eigenvalue weighted by molar-refractivity contribution is 7.47. The number of ether oxygens (including phenoxy) is 2. The molecule has 0 saturated heterocycles. The molecule has 0 heterocycles. The maximum Gasteiger partial charge on any atom is 0.472 e. The van der Waals surface area contributed by atoms with Crippen LogP contribution in [0.2, 0.25) is 0 Å². The second kappa shape index (κ2) is 42.7. The number of hydrogen-bond acceptors (Lipinski definition) is 11. The van der Waals surface area contributed by atoms with E-state index in [1.165, 1.54) is 19.3 Å². The molecule has 0 radical (unpaired) electrons. The van der Waals surface area contributed by atoms with E-state index in [0.717, 1.165) is 51.4 Å². The molecular formula is C50H78NO12P. The van der Waals surface area contributed by atoms with E-state index in [0.29, 0.717) is 32.1 Å². The first kappa shape index (κ1) is 59.8. The number of aliphatic hydroxyl groups is 2. The maximum atomic E-state index is 12.6. The molecule has 13 nitrogen and oxygen atoms in total. The minimum atomic E-state index is -4.79. The predicted octanol–water partition coefficient (Wildman–Crippen LogP) is 10.3. The van der Waals surface area contributed by atoms with E-state index in [1.54, 1.807) is 30.4 Å². The molecule has 0 spiro atoms. The summed E-state index contributed by atoms with van der Waals surface area (Å²) < 4.78 is 32.6. The van der Waals surface area contributed by atoms with Gasteiger partial charge in [-0.3, -0.25) is 23.4 Å². The van der Waals surface area contributed by atoms with Crippen LogP contribution in [0.5, 0.6) is 0 Å². The quantitative estimate of drug-likeness (QED) is 0.0127. The van der Waals surface area contributed by atoms with Crippen molar-refractivity contribution in [3.63, 3.8) is 0 Å². The van der Waals surface area contributed by atoms with E-state index in [-0.39, 0.29) is 12.8 Å². The van der Waals surface area contributed by atoms with Crippen molar-refractivity contribution in [2.75, 3.05) is 19.8 Å². The molecule has 0 rings (SSSR count). The third-order valence-corrected chi connectivity index (χ3v) is 9.82. The number of carboxylic acids is 1. The van der Waals surface area contributed by atoms with Crippen LogP contribution in [-0.2, 0) is 37.5 Å². The number of phosphoric ester groups is 1. The molecule has 0 aliphatic carbocycles. The van der Waals surface area contributed by atoms with Crippen molar-refractivity contribution in [3.8, 4) is 0 Å². The van der Waals surface area contributed by atoms with Crippen molar-refractivity contribution in [3.05, 3.63) is 122 Å². The van der Waals surface area contributed by atoms with Crippen molar-refractivity contribution in [1.29, 1.82) is 0 Å². The Balaban J connectivity index is 4.67. The number of unbranched alkanes of at least 4 members (excludes halogenated alkanes) is 7. The number of carbonyl (C=O) groups is 3. The highest BCUT2D eigenvalue weighted by atomic mass is 31.2. The molecule has 6 N–H and O–H groups in total. The molecule has 0 saturated carbocycles. The van der Waals surface area contributed by atoms with E-state index in [9.17, 15) is 34.1 Å². The third kappa shape index (κ3) is 41.8. The molecule has 0 bridgehead atoms. The fourth-order valence-corrected chi connectivity index (χ4v) is 6.03. The van der Waals surface area contributed by atoms with Gasteiger partial charge in [0.2, 0.25) is 0 Å². The summed E-state index contributed by atoms with van der Waals surface area (Å²) in [6.45, 7) is 2.34. The van der Waals surface area contributed by atoms with Crippen LogP contribution >= 0.6 is 7.82 Å². The lowest BCUT2D eigenvalue weighted by molar-refractivity contribution is -0.161. The first-order valence-corrected chi connectivity index (χ1v) is 24.3. The van der Waals surface area contributed by atoms with Gasteiger partial charge in [0.1, 0.15) is 12.6 Å². The van der Waals surface area contributed by atoms with Crippen molar-refractivity contribution < 1.29 is 57.7 Å². The monoisotopic (exact) mass is 916 g/mol. The topological polar surface area (TPSA) is 212 Å². The van der Waals surface area contributed by atoms with Crippen LogP contribution in [0.3, 0.4) is 0 Å². The molecule has 0 aromatic carbocycles. The predicted molar refractivity (Wildman–Crippen MR) is 256 cm³/mol. The maximum absolute atomic E-state index is 12.6. The minimum Gasteiger partial charge on any atom is -0.480 e. The van der Waals surface area contributed by atoms with E-state index >= 15 is 0 Å². The molecular weight excluding hydrogens is 838 g/mol. The number of aliphatic carboxylic acids is 1. The van der Waals surface area contributed by atoms with Crippen molar-refractivity contribution >= 4 is 25.7 Å². The van der Waals surface area contributed by atoms with E-state index in [1.807, 2.05) is 49.5 Å². The van der Waals surface area contributed by atoms with Gasteiger partial charge in [0, 0.05) is 12.8 Å². The van der Waals surface area contributed by atoms with Crippen molar-refractivity contribution in [1.82, 2.24) is 0 Å². The SMILES string of the molecule is CC/C=C\C[C@@H](O)/C=C/C=C\C/C=C\C=C\[C@@H](O)/C=C\CCCC(=O)OC[C@H](COP(=O)(O)OC[C@H](N)C(=O)O)OC(=O)CCCCC/C=C\C/C=C\C/C=C\C/C=C\CCCCC. The molecule has 0 fully saturated rings. The van der Waals surface area contributed by atoms with Gasteiger partial charge in [0.05, 0.1) is 25.4 Å². The standard InChI is InChI=1S/C50H78NO12P/c1-3-5-7-8-9-10-11-12-13-14-15-16-17-18-19-20-24-27-33-40-49(55)63-46(42-61-64(58,59)62-43-47(51)50(56)57)41-60-48(54)39-34-28-32-38-45(53)37-31-26-23-21-22-25-30-36-44(52)35-29-6-4-2/h6,9-10,12-13,15-16,18-19,22-23,25-26,29-32,36-38,44-47,52-53H,3-5,7-8,11,14,17,20-21,24,27-28,33-35,39-43,51H2,1-2H3,(H,56,57)(H,58,59)/b10-9-,13-12-,16-15-,19-18-,25-22-,26-23-,29-6-,36-30+,37-31+,38-32-/t44-,45-,46-,47+/m1/s1. The summed E-state index contributed by atoms with van der Waals surface area (Å²) in [6.07, 6.45) is 50.5. The molecule has 0 aromatic heterocycles. The summed E-state index contributed by atoms with van der Waals surface area (Å²) in [5, 5.41) is 28.9. The van der Waals surface area contributed by atoms with Gasteiger partial charge in [-0.25, -0.2) is 4.57 Å². The van der Waals surface area contributed by atoms with Gasteiger partial charge >= 0.3 is 25.7 Å². The first-order chi connectivity index (χ1) is 30.9. The summed E-state index contributed by atoms with van der Waals surface area (Å²) in [7, 11) is -4.79. The van der Waals surface area contributed by atoms with Gasteiger partial charge in [0.15, 0.2) is 6.10 Å². The number of carbonyl (C=O) groups excluding carboxylic acids is 2. The smallest absolute Gasteiger partial charge is 0.472 e. The van der Waals surface area contributed by atoms with Crippen LogP contribution < -0.4 is 5.73 Å². The largest absolute Gasteiger partial charge is 0.480 e. The van der Waals surface area contributed by atoms with E-state index in [2.05, 4.69) is 60.1 Å². The normalized spacial score (nSPS) is 15.7. The van der Waals surface area contributed by atoms with Gasteiger partial charge in [-0.15, -0.1) is 0 Å². The first-order valence-electron chi connectivity index (χ1n) is 22.8. The molecule has 0 aliphatic heterocycles. The Hall–Kier alpha value is -4.20.